The van der Waals surface area contributed by atoms with Gasteiger partial charge in [0, 0.05) is 5.02 Å². The Balaban J connectivity index is 2.21. The highest BCUT2D eigenvalue weighted by molar-refractivity contribution is 6.31. The molecule has 2 rings (SSSR count). The van der Waals surface area contributed by atoms with Crippen LogP contribution in [-0.4, -0.2) is 10.9 Å². The van der Waals surface area contributed by atoms with Crippen LogP contribution < -0.4 is 5.32 Å². The summed E-state index contributed by atoms with van der Waals surface area (Å²) in [4.78, 5) is 15.6. The summed E-state index contributed by atoms with van der Waals surface area (Å²) >= 11 is 11.3. The maximum atomic E-state index is 13.4. The van der Waals surface area contributed by atoms with Crippen molar-refractivity contribution in [2.45, 2.75) is 0 Å². The van der Waals surface area contributed by atoms with Crippen molar-refractivity contribution >= 4 is 34.8 Å². The molecule has 0 unspecified atom stereocenters. The van der Waals surface area contributed by atoms with E-state index in [1.165, 1.54) is 24.4 Å². The third kappa shape index (κ3) is 2.97. The topological polar surface area (TPSA) is 42.0 Å². The van der Waals surface area contributed by atoms with Gasteiger partial charge in [-0.05, 0) is 30.3 Å². The predicted molar refractivity (Wildman–Crippen MR) is 68.6 cm³/mol. The lowest BCUT2D eigenvalue weighted by Crippen LogP contribution is -2.13. The number of hydrogen-bond acceptors (Lipinski definition) is 2. The third-order valence-electron chi connectivity index (χ3n) is 2.16. The van der Waals surface area contributed by atoms with E-state index in [0.29, 0.717) is 10.8 Å². The highest BCUT2D eigenvalue weighted by Crippen LogP contribution is 2.17. The van der Waals surface area contributed by atoms with Crippen molar-refractivity contribution in [3.05, 3.63) is 58.1 Å². The molecule has 1 amide bonds. The molecule has 0 spiro atoms. The summed E-state index contributed by atoms with van der Waals surface area (Å²) in [6.45, 7) is 0. The van der Waals surface area contributed by atoms with E-state index >= 15 is 0 Å². The van der Waals surface area contributed by atoms with Crippen LogP contribution in [0, 0.1) is 5.82 Å². The molecule has 0 aliphatic rings. The number of amides is 1. The van der Waals surface area contributed by atoms with Gasteiger partial charge in [0.1, 0.15) is 11.0 Å². The number of benzene rings is 1. The molecular weight excluding hydrogens is 278 g/mol. The number of hydrogen-bond donors (Lipinski definition) is 1. The fraction of sp³-hybridized carbons (Fsp3) is 0. The average Bonchev–Trinajstić information content (AvgIpc) is 2.35. The number of halogens is 3. The molecule has 18 heavy (non-hydrogen) atoms. The molecule has 0 saturated carbocycles. The van der Waals surface area contributed by atoms with Crippen LogP contribution in [0.1, 0.15) is 10.4 Å². The molecule has 6 heteroatoms. The van der Waals surface area contributed by atoms with Crippen molar-refractivity contribution < 1.29 is 9.18 Å². The normalized spacial score (nSPS) is 10.2. The quantitative estimate of drug-likeness (QED) is 0.853. The van der Waals surface area contributed by atoms with Gasteiger partial charge in [-0.2, -0.15) is 0 Å². The lowest BCUT2D eigenvalue weighted by Gasteiger charge is -2.06. The monoisotopic (exact) mass is 284 g/mol. The molecule has 1 N–H and O–H groups in total. The van der Waals surface area contributed by atoms with Crippen molar-refractivity contribution in [3.63, 3.8) is 0 Å². The van der Waals surface area contributed by atoms with Crippen LogP contribution in [0.15, 0.2) is 36.5 Å². The van der Waals surface area contributed by atoms with Crippen molar-refractivity contribution in [2.24, 2.45) is 0 Å². The van der Waals surface area contributed by atoms with E-state index in [-0.39, 0.29) is 10.6 Å². The first-order chi connectivity index (χ1) is 8.56. The number of carbonyl (C=O) groups excluding carboxylic acids is 1. The van der Waals surface area contributed by atoms with E-state index in [0.717, 1.165) is 6.07 Å². The maximum absolute atomic E-state index is 13.4. The van der Waals surface area contributed by atoms with Crippen LogP contribution in [0.4, 0.5) is 10.1 Å². The molecule has 2 aromatic rings. The molecule has 1 aromatic heterocycles. The first-order valence-corrected chi connectivity index (χ1v) is 5.70. The van der Waals surface area contributed by atoms with Crippen LogP contribution in [0.2, 0.25) is 10.2 Å². The van der Waals surface area contributed by atoms with Gasteiger partial charge in [0.15, 0.2) is 0 Å². The molecule has 0 saturated heterocycles. The lowest BCUT2D eigenvalue weighted by atomic mass is 10.2. The maximum Gasteiger partial charge on any atom is 0.258 e. The zero-order valence-corrected chi connectivity index (χ0v) is 10.5. The predicted octanol–water partition coefficient (Wildman–Crippen LogP) is 3.78. The number of nitrogens with one attached hydrogen (secondary N) is 1. The highest BCUT2D eigenvalue weighted by Gasteiger charge is 2.12. The Morgan fingerprint density at radius 2 is 2.00 bits per heavy atom. The van der Waals surface area contributed by atoms with Gasteiger partial charge in [-0.25, -0.2) is 9.37 Å². The molecule has 0 aliphatic carbocycles. The summed E-state index contributed by atoms with van der Waals surface area (Å²) in [6.07, 6.45) is 1.38. The molecule has 0 radical (unpaired) electrons. The van der Waals surface area contributed by atoms with Crippen LogP contribution >= 0.6 is 23.2 Å². The van der Waals surface area contributed by atoms with E-state index in [1.54, 1.807) is 6.07 Å². The number of aromatic nitrogens is 1. The Kier molecular flexibility index (Phi) is 3.79. The van der Waals surface area contributed by atoms with E-state index < -0.39 is 11.7 Å². The summed E-state index contributed by atoms with van der Waals surface area (Å²) in [5.41, 5.74) is 0.293. The molecule has 3 nitrogen and oxygen atoms in total. The van der Waals surface area contributed by atoms with E-state index in [4.69, 9.17) is 23.2 Å². The van der Waals surface area contributed by atoms with E-state index in [9.17, 15) is 9.18 Å². The van der Waals surface area contributed by atoms with Crippen LogP contribution in [0.25, 0.3) is 0 Å². The molecule has 0 bridgehead atoms. The summed E-state index contributed by atoms with van der Waals surface area (Å²) in [5, 5.41) is 3.09. The molecule has 0 aliphatic heterocycles. The minimum Gasteiger partial charge on any atom is -0.320 e. The summed E-state index contributed by atoms with van der Waals surface area (Å²) < 4.78 is 13.4. The smallest absolute Gasteiger partial charge is 0.258 e. The number of carbonyl (C=O) groups is 1. The van der Waals surface area contributed by atoms with Crippen LogP contribution in [0.3, 0.4) is 0 Å². The number of anilines is 1. The fourth-order valence-electron chi connectivity index (χ4n) is 1.32. The van der Waals surface area contributed by atoms with Crippen molar-refractivity contribution in [1.82, 2.24) is 4.98 Å². The van der Waals surface area contributed by atoms with E-state index in [1.807, 2.05) is 0 Å². The first-order valence-electron chi connectivity index (χ1n) is 4.94. The van der Waals surface area contributed by atoms with Gasteiger partial charge in [0.05, 0.1) is 17.4 Å². The standard InChI is InChI=1S/C12H7Cl2FN2O/c13-7-1-3-10(15)9(5-7)12(18)17-8-2-4-11(14)16-6-8/h1-6H,(H,17,18). The fourth-order valence-corrected chi connectivity index (χ4v) is 1.60. The Morgan fingerprint density at radius 3 is 2.67 bits per heavy atom. The SMILES string of the molecule is O=C(Nc1ccc(Cl)nc1)c1cc(Cl)ccc1F. The second kappa shape index (κ2) is 5.33. The van der Waals surface area contributed by atoms with Gasteiger partial charge in [0.25, 0.3) is 5.91 Å². The van der Waals surface area contributed by atoms with Crippen molar-refractivity contribution in [3.8, 4) is 0 Å². The zero-order valence-electron chi connectivity index (χ0n) is 8.95. The summed E-state index contributed by atoms with van der Waals surface area (Å²) in [6, 6.07) is 6.85. The second-order valence-corrected chi connectivity index (χ2v) is 4.27. The lowest BCUT2D eigenvalue weighted by molar-refractivity contribution is 0.102. The average molecular weight is 285 g/mol. The minimum atomic E-state index is -0.640. The molecule has 1 aromatic carbocycles. The highest BCUT2D eigenvalue weighted by atomic mass is 35.5. The second-order valence-electron chi connectivity index (χ2n) is 3.45. The molecule has 1 heterocycles. The van der Waals surface area contributed by atoms with Crippen LogP contribution in [-0.2, 0) is 0 Å². The van der Waals surface area contributed by atoms with E-state index in [2.05, 4.69) is 10.3 Å². The summed E-state index contributed by atoms with van der Waals surface area (Å²) in [5.74, 6) is -1.24. The van der Waals surface area contributed by atoms with Gasteiger partial charge >= 0.3 is 0 Å². The van der Waals surface area contributed by atoms with Crippen LogP contribution in [0.5, 0.6) is 0 Å². The Morgan fingerprint density at radius 1 is 1.22 bits per heavy atom. The Bertz CT molecular complexity index is 587. The molecular formula is C12H7Cl2FN2O. The van der Waals surface area contributed by atoms with Gasteiger partial charge in [0.2, 0.25) is 0 Å². The largest absolute Gasteiger partial charge is 0.320 e. The molecule has 92 valence electrons. The number of nitrogens with zero attached hydrogens (tertiary/aromatic N) is 1. The van der Waals surface area contributed by atoms with Gasteiger partial charge < -0.3 is 5.32 Å². The first kappa shape index (κ1) is 12.8. The molecule has 0 fully saturated rings. The summed E-state index contributed by atoms with van der Waals surface area (Å²) in [7, 11) is 0. The number of pyridine rings is 1. The molecule has 0 atom stereocenters. The van der Waals surface area contributed by atoms with Crippen molar-refractivity contribution in [1.29, 1.82) is 0 Å². The zero-order chi connectivity index (χ0) is 13.1. The third-order valence-corrected chi connectivity index (χ3v) is 2.62. The van der Waals surface area contributed by atoms with Gasteiger partial charge in [-0.1, -0.05) is 23.2 Å². The van der Waals surface area contributed by atoms with Gasteiger partial charge in [-0.3, -0.25) is 4.79 Å². The number of rotatable bonds is 2. The van der Waals surface area contributed by atoms with Gasteiger partial charge in [-0.15, -0.1) is 0 Å². The Hall–Kier alpha value is -1.65. The minimum absolute atomic E-state index is 0.127. The van der Waals surface area contributed by atoms with Crippen molar-refractivity contribution in [2.75, 3.05) is 5.32 Å². The Labute approximate surface area is 113 Å².